The summed E-state index contributed by atoms with van der Waals surface area (Å²) in [6.45, 7) is 5.68. The van der Waals surface area contributed by atoms with Gasteiger partial charge in [0.15, 0.2) is 0 Å². The maximum atomic E-state index is 16.2. The van der Waals surface area contributed by atoms with E-state index in [0.29, 0.717) is 49.4 Å². The Kier molecular flexibility index (Phi) is 6.47. The molecule has 40 heavy (non-hydrogen) atoms. The van der Waals surface area contributed by atoms with Crippen LogP contribution < -0.4 is 5.32 Å². The number of aromatic nitrogens is 3. The van der Waals surface area contributed by atoms with Crippen molar-refractivity contribution in [3.8, 4) is 11.4 Å². The van der Waals surface area contributed by atoms with Gasteiger partial charge in [-0.25, -0.2) is 4.39 Å². The molecule has 2 N–H and O–H groups in total. The van der Waals surface area contributed by atoms with Gasteiger partial charge in [0.25, 0.3) is 0 Å². The number of nitrogens with one attached hydrogen (secondary N) is 1. The van der Waals surface area contributed by atoms with Crippen LogP contribution in [0.25, 0.3) is 22.3 Å². The van der Waals surface area contributed by atoms with Gasteiger partial charge < -0.3 is 9.63 Å². The molecule has 2 aliphatic rings. The first-order valence-corrected chi connectivity index (χ1v) is 13.4. The van der Waals surface area contributed by atoms with Crippen molar-refractivity contribution in [2.75, 3.05) is 13.1 Å². The monoisotopic (exact) mass is 543 g/mol. The predicted molar refractivity (Wildman–Crippen MR) is 144 cm³/mol. The van der Waals surface area contributed by atoms with Crippen molar-refractivity contribution in [1.82, 2.24) is 25.3 Å². The van der Waals surface area contributed by atoms with Crippen LogP contribution in [0, 0.1) is 11.2 Å². The molecule has 6 rings (SSSR count). The number of imide groups is 1. The molecule has 2 aliphatic heterocycles. The Hall–Kier alpha value is -4.02. The van der Waals surface area contributed by atoms with Gasteiger partial charge in [-0.15, -0.1) is 0 Å². The van der Waals surface area contributed by atoms with E-state index >= 15 is 4.39 Å². The smallest absolute Gasteiger partial charge is 0.234 e. The van der Waals surface area contributed by atoms with Gasteiger partial charge >= 0.3 is 0 Å². The fourth-order valence-corrected chi connectivity index (χ4v) is 6.13. The molecule has 9 nitrogen and oxygen atoms in total. The highest BCUT2D eigenvalue weighted by atomic mass is 19.1. The Bertz CT molecular complexity index is 1610. The Morgan fingerprint density at radius 3 is 2.77 bits per heavy atom. The standard InChI is InChI=1S/C30H30FN5O4/c1-29(2)16-36(15-18-4-3-5-19(12-18)27-33-17-40-35-27)11-10-30(29,39)23-7-8-24-22(26(23)31)13-20(14-32-24)21-6-9-25(37)34-28(21)38/h3-5,7-8,12-14,17,21,39H,6,9-11,15-16H2,1-2H3,(H,34,37,38)/t21?,30-/m1/s1. The van der Waals surface area contributed by atoms with Crippen LogP contribution in [-0.2, 0) is 21.7 Å². The highest BCUT2D eigenvalue weighted by molar-refractivity contribution is 6.01. The van der Waals surface area contributed by atoms with Crippen molar-refractivity contribution in [1.29, 1.82) is 0 Å². The van der Waals surface area contributed by atoms with Gasteiger partial charge in [-0.2, -0.15) is 4.98 Å². The molecule has 2 saturated heterocycles. The molecule has 0 aliphatic carbocycles. The number of carbonyl (C=O) groups is 2. The zero-order chi connectivity index (χ0) is 28.1. The maximum absolute atomic E-state index is 16.2. The zero-order valence-corrected chi connectivity index (χ0v) is 22.4. The minimum Gasteiger partial charge on any atom is -0.384 e. The highest BCUT2D eigenvalue weighted by Crippen LogP contribution is 2.48. The van der Waals surface area contributed by atoms with E-state index in [1.165, 1.54) is 6.39 Å². The SMILES string of the molecule is CC1(C)CN(Cc2cccc(-c3ncon3)c2)CC[C@@]1(O)c1ccc2ncc(C3CCC(=O)NC3=O)cc2c1F. The second kappa shape index (κ2) is 9.87. The first kappa shape index (κ1) is 26.2. The molecule has 4 aromatic rings. The zero-order valence-electron chi connectivity index (χ0n) is 22.4. The lowest BCUT2D eigenvalue weighted by molar-refractivity contribution is -0.134. The van der Waals surface area contributed by atoms with Gasteiger partial charge in [0.05, 0.1) is 17.0 Å². The number of fused-ring (bicyclic) bond motifs is 1. The van der Waals surface area contributed by atoms with Crippen LogP contribution in [0.3, 0.4) is 0 Å². The molecule has 10 heteroatoms. The molecule has 2 atom stereocenters. The lowest BCUT2D eigenvalue weighted by Gasteiger charge is -2.50. The summed E-state index contributed by atoms with van der Waals surface area (Å²) in [5.41, 5.74) is 1.06. The number of amides is 2. The van der Waals surface area contributed by atoms with E-state index in [1.807, 2.05) is 38.1 Å². The topological polar surface area (TPSA) is 121 Å². The van der Waals surface area contributed by atoms with Crippen molar-refractivity contribution < 1.29 is 23.6 Å². The largest absolute Gasteiger partial charge is 0.384 e. The molecule has 2 amide bonds. The molecule has 0 radical (unpaired) electrons. The van der Waals surface area contributed by atoms with Gasteiger partial charge in [-0.3, -0.25) is 24.8 Å². The Morgan fingerprint density at radius 1 is 1.18 bits per heavy atom. The van der Waals surface area contributed by atoms with Gasteiger partial charge in [-0.05, 0) is 42.2 Å². The number of halogens is 1. The van der Waals surface area contributed by atoms with Crippen molar-refractivity contribution in [2.24, 2.45) is 5.41 Å². The summed E-state index contributed by atoms with van der Waals surface area (Å²) in [5, 5.41) is 18.6. The van der Waals surface area contributed by atoms with E-state index < -0.39 is 28.7 Å². The van der Waals surface area contributed by atoms with Crippen molar-refractivity contribution in [3.63, 3.8) is 0 Å². The van der Waals surface area contributed by atoms with Crippen LogP contribution in [-0.4, -0.2) is 50.0 Å². The summed E-state index contributed by atoms with van der Waals surface area (Å²) in [4.78, 5) is 34.7. The fraction of sp³-hybridized carbons (Fsp3) is 0.367. The maximum Gasteiger partial charge on any atom is 0.234 e. The fourth-order valence-electron chi connectivity index (χ4n) is 6.13. The number of carbonyl (C=O) groups excluding carboxylic acids is 2. The van der Waals surface area contributed by atoms with E-state index in [2.05, 4.69) is 25.3 Å². The van der Waals surface area contributed by atoms with Crippen LogP contribution in [0.5, 0.6) is 0 Å². The quantitative estimate of drug-likeness (QED) is 0.362. The summed E-state index contributed by atoms with van der Waals surface area (Å²) in [6, 6.07) is 12.9. The average molecular weight is 544 g/mol. The van der Waals surface area contributed by atoms with Crippen LogP contribution in [0.4, 0.5) is 4.39 Å². The highest BCUT2D eigenvalue weighted by Gasteiger charge is 2.50. The number of hydrogen-bond acceptors (Lipinski definition) is 8. The number of benzene rings is 2. The molecule has 0 bridgehead atoms. The third-order valence-corrected chi connectivity index (χ3v) is 8.39. The summed E-state index contributed by atoms with van der Waals surface area (Å²) < 4.78 is 21.1. The van der Waals surface area contributed by atoms with Crippen LogP contribution >= 0.6 is 0 Å². The average Bonchev–Trinajstić information content (AvgIpc) is 3.46. The number of piperidine rings is 2. The molecule has 0 spiro atoms. The molecule has 4 heterocycles. The lowest BCUT2D eigenvalue weighted by Crippen LogP contribution is -2.55. The number of aliphatic hydroxyl groups is 1. The Balaban J connectivity index is 1.26. The molecular weight excluding hydrogens is 513 g/mol. The summed E-state index contributed by atoms with van der Waals surface area (Å²) in [5.74, 6) is -1.28. The first-order valence-electron chi connectivity index (χ1n) is 13.4. The van der Waals surface area contributed by atoms with E-state index in [0.717, 1.165) is 11.1 Å². The van der Waals surface area contributed by atoms with E-state index in [9.17, 15) is 14.7 Å². The normalized spacial score (nSPS) is 23.4. The molecule has 2 fully saturated rings. The van der Waals surface area contributed by atoms with Crippen LogP contribution in [0.1, 0.15) is 55.7 Å². The number of hydrogen-bond donors (Lipinski definition) is 2. The van der Waals surface area contributed by atoms with Crippen LogP contribution in [0.2, 0.25) is 0 Å². The predicted octanol–water partition coefficient (Wildman–Crippen LogP) is 4.06. The summed E-state index contributed by atoms with van der Waals surface area (Å²) in [7, 11) is 0. The van der Waals surface area contributed by atoms with Crippen molar-refractivity contribution in [2.45, 2.75) is 51.2 Å². The van der Waals surface area contributed by atoms with Gasteiger partial charge in [0.1, 0.15) is 5.82 Å². The number of rotatable bonds is 5. The molecular formula is C30H30FN5O4. The second-order valence-electron chi connectivity index (χ2n) is 11.4. The summed E-state index contributed by atoms with van der Waals surface area (Å²) in [6.07, 6.45) is 3.78. The third kappa shape index (κ3) is 4.56. The number of nitrogens with zero attached hydrogens (tertiary/aromatic N) is 4. The Labute approximate surface area is 230 Å². The summed E-state index contributed by atoms with van der Waals surface area (Å²) >= 11 is 0. The van der Waals surface area contributed by atoms with Crippen molar-refractivity contribution in [3.05, 3.63) is 77.6 Å². The van der Waals surface area contributed by atoms with Gasteiger partial charge in [-0.1, -0.05) is 43.3 Å². The number of pyridine rings is 1. The molecule has 0 saturated carbocycles. The molecule has 1 unspecified atom stereocenters. The first-order chi connectivity index (χ1) is 19.1. The molecule has 2 aromatic carbocycles. The molecule has 206 valence electrons. The van der Waals surface area contributed by atoms with Gasteiger partial charge in [0, 0.05) is 54.2 Å². The van der Waals surface area contributed by atoms with E-state index in [4.69, 9.17) is 4.52 Å². The number of likely N-dealkylation sites (tertiary alicyclic amines) is 1. The van der Waals surface area contributed by atoms with Crippen LogP contribution in [0.15, 0.2) is 59.6 Å². The second-order valence-corrected chi connectivity index (χ2v) is 11.4. The minimum atomic E-state index is -1.42. The van der Waals surface area contributed by atoms with Crippen molar-refractivity contribution >= 4 is 22.7 Å². The Morgan fingerprint density at radius 2 is 2.02 bits per heavy atom. The lowest BCUT2D eigenvalue weighted by atomic mass is 9.66. The minimum absolute atomic E-state index is 0.225. The van der Waals surface area contributed by atoms with Gasteiger partial charge in [0.2, 0.25) is 24.0 Å². The van der Waals surface area contributed by atoms with E-state index in [1.54, 1.807) is 24.4 Å². The molecule has 2 aromatic heterocycles. The third-order valence-electron chi connectivity index (χ3n) is 8.39. The van der Waals surface area contributed by atoms with E-state index in [-0.39, 0.29) is 23.3 Å².